The van der Waals surface area contributed by atoms with Gasteiger partial charge in [0.05, 0.1) is 23.0 Å². The number of likely N-dealkylation sites (tertiary alicyclic amines) is 1. The second-order valence-corrected chi connectivity index (χ2v) is 6.56. The zero-order valence-electron chi connectivity index (χ0n) is 14.7. The van der Waals surface area contributed by atoms with Crippen LogP contribution in [0.1, 0.15) is 42.0 Å². The monoisotopic (exact) mass is 367 g/mol. The summed E-state index contributed by atoms with van der Waals surface area (Å²) in [5.74, 6) is 1.06. The van der Waals surface area contributed by atoms with Crippen LogP contribution in [0, 0.1) is 13.8 Å². The first kappa shape index (κ1) is 17.9. The summed E-state index contributed by atoms with van der Waals surface area (Å²) in [5, 5.41) is 8.90. The summed E-state index contributed by atoms with van der Waals surface area (Å²) in [7, 11) is 1.63. The number of hydrogen-bond donors (Lipinski definition) is 0. The van der Waals surface area contributed by atoms with Gasteiger partial charge in [-0.15, -0.1) is 0 Å². The van der Waals surface area contributed by atoms with Gasteiger partial charge in [0.1, 0.15) is 12.6 Å². The van der Waals surface area contributed by atoms with Gasteiger partial charge in [0, 0.05) is 20.1 Å². The number of hydrogen-bond acceptors (Lipinski definition) is 6. The Hall–Kier alpha value is -1.93. The maximum atomic E-state index is 12.8. The van der Waals surface area contributed by atoms with Crippen LogP contribution in [0.5, 0.6) is 0 Å². The van der Waals surface area contributed by atoms with E-state index >= 15 is 0 Å². The van der Waals surface area contributed by atoms with Crippen molar-refractivity contribution < 1.29 is 14.1 Å². The Balaban J connectivity index is 1.71. The first-order valence-corrected chi connectivity index (χ1v) is 8.69. The van der Waals surface area contributed by atoms with Crippen LogP contribution in [-0.2, 0) is 22.5 Å². The van der Waals surface area contributed by atoms with Gasteiger partial charge < -0.3 is 14.2 Å². The number of amides is 1. The molecule has 136 valence electrons. The van der Waals surface area contributed by atoms with Crippen molar-refractivity contribution in [1.29, 1.82) is 0 Å². The van der Waals surface area contributed by atoms with Crippen molar-refractivity contribution in [2.75, 3.05) is 20.3 Å². The van der Waals surface area contributed by atoms with Gasteiger partial charge in [0.2, 0.25) is 11.8 Å². The van der Waals surface area contributed by atoms with Gasteiger partial charge in [0.25, 0.3) is 0 Å². The molecule has 0 saturated carbocycles. The highest BCUT2D eigenvalue weighted by Crippen LogP contribution is 2.31. The Morgan fingerprint density at radius 2 is 2.24 bits per heavy atom. The van der Waals surface area contributed by atoms with E-state index in [9.17, 15) is 4.79 Å². The van der Waals surface area contributed by atoms with E-state index in [2.05, 4.69) is 15.2 Å². The normalized spacial score (nSPS) is 17.4. The van der Waals surface area contributed by atoms with Crippen LogP contribution in [-0.4, -0.2) is 51.0 Å². The predicted octanol–water partition coefficient (Wildman–Crippen LogP) is 2.09. The fourth-order valence-corrected chi connectivity index (χ4v) is 3.20. The molecule has 9 heteroatoms. The molecule has 2 aromatic rings. The molecule has 0 aliphatic carbocycles. The van der Waals surface area contributed by atoms with E-state index in [1.54, 1.807) is 16.7 Å². The maximum Gasteiger partial charge on any atom is 0.249 e. The number of ether oxygens (including phenoxy) is 1. The number of halogens is 1. The number of carbonyl (C=O) groups excluding carboxylic acids is 1. The highest BCUT2D eigenvalue weighted by Gasteiger charge is 2.34. The highest BCUT2D eigenvalue weighted by atomic mass is 35.5. The molecule has 3 heterocycles. The van der Waals surface area contributed by atoms with Crippen LogP contribution < -0.4 is 0 Å². The lowest BCUT2D eigenvalue weighted by Crippen LogP contribution is -2.34. The fraction of sp³-hybridized carbons (Fsp3) is 0.625. The summed E-state index contributed by atoms with van der Waals surface area (Å²) >= 11 is 6.16. The summed E-state index contributed by atoms with van der Waals surface area (Å²) in [6, 6.07) is -0.177. The van der Waals surface area contributed by atoms with Crippen molar-refractivity contribution in [3.05, 3.63) is 28.1 Å². The van der Waals surface area contributed by atoms with Crippen molar-refractivity contribution in [3.8, 4) is 0 Å². The Kier molecular flexibility index (Phi) is 5.39. The highest BCUT2D eigenvalue weighted by molar-refractivity contribution is 6.31. The Morgan fingerprint density at radius 1 is 1.44 bits per heavy atom. The van der Waals surface area contributed by atoms with Gasteiger partial charge in [-0.25, -0.2) is 0 Å². The summed E-state index contributed by atoms with van der Waals surface area (Å²) in [6.07, 6.45) is 2.31. The van der Waals surface area contributed by atoms with Crippen LogP contribution in [0.25, 0.3) is 0 Å². The third-order valence-corrected chi connectivity index (χ3v) is 5.00. The molecule has 0 bridgehead atoms. The van der Waals surface area contributed by atoms with Crippen molar-refractivity contribution in [2.45, 2.75) is 45.7 Å². The zero-order valence-corrected chi connectivity index (χ0v) is 15.4. The first-order valence-electron chi connectivity index (χ1n) is 8.31. The van der Waals surface area contributed by atoms with E-state index < -0.39 is 0 Å². The van der Waals surface area contributed by atoms with Gasteiger partial charge >= 0.3 is 0 Å². The molecule has 1 saturated heterocycles. The molecule has 2 aromatic heterocycles. The molecule has 0 spiro atoms. The van der Waals surface area contributed by atoms with Crippen LogP contribution in [0.4, 0.5) is 0 Å². The quantitative estimate of drug-likeness (QED) is 0.777. The number of rotatable bonds is 6. The minimum Gasteiger partial charge on any atom is -0.384 e. The summed E-state index contributed by atoms with van der Waals surface area (Å²) in [4.78, 5) is 19.0. The summed E-state index contributed by atoms with van der Waals surface area (Å²) < 4.78 is 12.0. The van der Waals surface area contributed by atoms with Gasteiger partial charge in [-0.3, -0.25) is 9.48 Å². The first-order chi connectivity index (χ1) is 12.0. The molecule has 8 nitrogen and oxygen atoms in total. The van der Waals surface area contributed by atoms with Gasteiger partial charge in [-0.05, 0) is 26.7 Å². The topological polar surface area (TPSA) is 86.3 Å². The number of carbonyl (C=O) groups is 1. The minimum atomic E-state index is -0.177. The van der Waals surface area contributed by atoms with Crippen molar-refractivity contribution in [3.63, 3.8) is 0 Å². The molecule has 3 rings (SSSR count). The molecule has 1 atom stereocenters. The third kappa shape index (κ3) is 3.69. The van der Waals surface area contributed by atoms with Gasteiger partial charge in [-0.1, -0.05) is 16.8 Å². The molecule has 0 aromatic carbocycles. The standard InChI is InChI=1S/C16H22ClN5O3/c1-10-15(17)11(2)22(19-10)9-14(23)21-7-4-5-12(21)16-18-13(20-25-16)6-8-24-3/h12H,4-9H2,1-3H3/t12-/m0/s1. The van der Waals surface area contributed by atoms with E-state index in [4.69, 9.17) is 20.9 Å². The fourth-order valence-electron chi connectivity index (χ4n) is 3.07. The van der Waals surface area contributed by atoms with Crippen molar-refractivity contribution in [2.24, 2.45) is 0 Å². The predicted molar refractivity (Wildman–Crippen MR) is 90.3 cm³/mol. The molecule has 25 heavy (non-hydrogen) atoms. The summed E-state index contributed by atoms with van der Waals surface area (Å²) in [5.41, 5.74) is 1.52. The number of methoxy groups -OCH3 is 1. The Labute approximate surface area is 151 Å². The second kappa shape index (κ2) is 7.53. The second-order valence-electron chi connectivity index (χ2n) is 6.18. The van der Waals surface area contributed by atoms with Crippen molar-refractivity contribution >= 4 is 17.5 Å². The average Bonchev–Trinajstić information content (AvgIpc) is 3.30. The van der Waals surface area contributed by atoms with Crippen LogP contribution in [0.2, 0.25) is 5.02 Å². The van der Waals surface area contributed by atoms with E-state index in [1.165, 1.54) is 0 Å². The Bertz CT molecular complexity index is 757. The molecule has 1 aliphatic heterocycles. The van der Waals surface area contributed by atoms with Crippen LogP contribution in [0.15, 0.2) is 4.52 Å². The average molecular weight is 368 g/mol. The molecule has 1 aliphatic rings. The lowest BCUT2D eigenvalue weighted by atomic mass is 10.2. The molecular weight excluding hydrogens is 346 g/mol. The van der Waals surface area contributed by atoms with Gasteiger partial charge in [0.15, 0.2) is 5.82 Å². The molecule has 1 amide bonds. The molecule has 1 fully saturated rings. The van der Waals surface area contributed by atoms with Gasteiger partial charge in [-0.2, -0.15) is 10.1 Å². The van der Waals surface area contributed by atoms with E-state index in [0.29, 0.717) is 36.3 Å². The minimum absolute atomic E-state index is 0.0265. The SMILES string of the molecule is COCCc1noc([C@@H]2CCCN2C(=O)Cn2nc(C)c(Cl)c2C)n1. The molecular formula is C16H22ClN5O3. The van der Waals surface area contributed by atoms with Crippen LogP contribution >= 0.6 is 11.6 Å². The zero-order chi connectivity index (χ0) is 18.0. The lowest BCUT2D eigenvalue weighted by Gasteiger charge is -2.22. The van der Waals surface area contributed by atoms with E-state index in [1.807, 2.05) is 13.8 Å². The molecule has 0 unspecified atom stereocenters. The third-order valence-electron chi connectivity index (χ3n) is 4.45. The largest absolute Gasteiger partial charge is 0.384 e. The maximum absolute atomic E-state index is 12.8. The van der Waals surface area contributed by atoms with Crippen LogP contribution in [0.3, 0.4) is 0 Å². The number of nitrogens with zero attached hydrogens (tertiary/aromatic N) is 5. The van der Waals surface area contributed by atoms with E-state index in [0.717, 1.165) is 24.2 Å². The number of aromatic nitrogens is 4. The summed E-state index contributed by atoms with van der Waals surface area (Å²) in [6.45, 7) is 5.05. The van der Waals surface area contributed by atoms with E-state index in [-0.39, 0.29) is 18.5 Å². The molecule has 0 radical (unpaired) electrons. The smallest absolute Gasteiger partial charge is 0.249 e. The lowest BCUT2D eigenvalue weighted by molar-refractivity contribution is -0.133. The number of aryl methyl sites for hydroxylation is 1. The molecule has 0 N–H and O–H groups in total. The Morgan fingerprint density at radius 3 is 2.92 bits per heavy atom. The van der Waals surface area contributed by atoms with Crippen molar-refractivity contribution in [1.82, 2.24) is 24.8 Å².